The lowest BCUT2D eigenvalue weighted by Gasteiger charge is -2.21. The number of nitrogens with one attached hydrogen (secondary N) is 1. The van der Waals surface area contributed by atoms with Crippen LogP contribution in [-0.2, 0) is 11.3 Å². The van der Waals surface area contributed by atoms with Crippen LogP contribution in [0.3, 0.4) is 0 Å². The molecule has 17 heavy (non-hydrogen) atoms. The molecule has 92 valence electrons. The monoisotopic (exact) mass is 233 g/mol. The van der Waals surface area contributed by atoms with E-state index in [0.717, 1.165) is 38.7 Å². The number of nitrogens with zero attached hydrogens (tertiary/aromatic N) is 2. The van der Waals surface area contributed by atoms with Crippen LogP contribution in [-0.4, -0.2) is 38.3 Å². The summed E-state index contributed by atoms with van der Waals surface area (Å²) in [6.07, 6.45) is 1.89. The summed E-state index contributed by atoms with van der Waals surface area (Å²) in [5.41, 5.74) is 1.29. The highest BCUT2D eigenvalue weighted by atomic mass is 16.5. The molecule has 0 radical (unpaired) electrons. The Morgan fingerprint density at radius 2 is 2.18 bits per heavy atom. The molecule has 4 heteroatoms. The summed E-state index contributed by atoms with van der Waals surface area (Å²) in [6.45, 7) is 4.92. The van der Waals surface area contributed by atoms with Crippen molar-refractivity contribution >= 4 is 5.82 Å². The van der Waals surface area contributed by atoms with Gasteiger partial charge in [-0.15, -0.1) is 0 Å². The molecule has 2 fully saturated rings. The SMILES string of the molecule is CNCc1cccnc1N1CC2COCC2C1. The molecule has 0 amide bonds. The molecule has 3 rings (SSSR count). The minimum atomic E-state index is 0.708. The number of hydrogen-bond donors (Lipinski definition) is 1. The van der Waals surface area contributed by atoms with Crippen molar-refractivity contribution < 1.29 is 4.74 Å². The van der Waals surface area contributed by atoms with Crippen molar-refractivity contribution in [2.24, 2.45) is 11.8 Å². The maximum absolute atomic E-state index is 5.51. The second kappa shape index (κ2) is 4.63. The van der Waals surface area contributed by atoms with E-state index < -0.39 is 0 Å². The molecule has 1 N–H and O–H groups in total. The molecule has 2 saturated heterocycles. The van der Waals surface area contributed by atoms with Crippen LogP contribution < -0.4 is 10.2 Å². The van der Waals surface area contributed by atoms with Crippen LogP contribution in [0.15, 0.2) is 18.3 Å². The summed E-state index contributed by atoms with van der Waals surface area (Å²) >= 11 is 0. The third kappa shape index (κ3) is 2.03. The zero-order chi connectivity index (χ0) is 11.7. The van der Waals surface area contributed by atoms with Crippen molar-refractivity contribution in [3.05, 3.63) is 23.9 Å². The Morgan fingerprint density at radius 1 is 1.41 bits per heavy atom. The van der Waals surface area contributed by atoms with Crippen LogP contribution in [0.4, 0.5) is 5.82 Å². The molecule has 2 aliphatic rings. The molecule has 2 unspecified atom stereocenters. The van der Waals surface area contributed by atoms with Crippen LogP contribution in [0, 0.1) is 11.8 Å². The van der Waals surface area contributed by atoms with Gasteiger partial charge >= 0.3 is 0 Å². The molecule has 1 aromatic heterocycles. The van der Waals surface area contributed by atoms with Gasteiger partial charge in [-0.25, -0.2) is 4.98 Å². The van der Waals surface area contributed by atoms with Gasteiger partial charge in [0.05, 0.1) is 13.2 Å². The number of fused-ring (bicyclic) bond motifs is 1. The summed E-state index contributed by atoms with van der Waals surface area (Å²) < 4.78 is 5.51. The van der Waals surface area contributed by atoms with Gasteiger partial charge < -0.3 is 15.0 Å². The standard InChI is InChI=1S/C13H19N3O/c1-14-5-10-3-2-4-15-13(10)16-6-11-8-17-9-12(11)7-16/h2-4,11-12,14H,5-9H2,1H3. The van der Waals surface area contributed by atoms with Crippen molar-refractivity contribution in [2.75, 3.05) is 38.3 Å². The van der Waals surface area contributed by atoms with E-state index in [1.807, 2.05) is 19.3 Å². The number of hydrogen-bond acceptors (Lipinski definition) is 4. The van der Waals surface area contributed by atoms with Gasteiger partial charge in [-0.05, 0) is 13.1 Å². The fraction of sp³-hybridized carbons (Fsp3) is 0.615. The van der Waals surface area contributed by atoms with E-state index in [0.29, 0.717) is 11.8 Å². The van der Waals surface area contributed by atoms with Crippen molar-refractivity contribution in [3.63, 3.8) is 0 Å². The minimum Gasteiger partial charge on any atom is -0.381 e. The molecule has 0 aliphatic carbocycles. The second-order valence-corrected chi connectivity index (χ2v) is 4.98. The fourth-order valence-corrected chi connectivity index (χ4v) is 2.90. The Bertz CT molecular complexity index is 384. The van der Waals surface area contributed by atoms with Gasteiger partial charge in [-0.1, -0.05) is 6.07 Å². The van der Waals surface area contributed by atoms with E-state index in [1.165, 1.54) is 5.56 Å². The van der Waals surface area contributed by atoms with E-state index in [2.05, 4.69) is 21.3 Å². The van der Waals surface area contributed by atoms with E-state index in [1.54, 1.807) is 0 Å². The molecule has 0 spiro atoms. The Labute approximate surface area is 102 Å². The van der Waals surface area contributed by atoms with E-state index in [-0.39, 0.29) is 0 Å². The normalized spacial score (nSPS) is 27.5. The number of pyridine rings is 1. The summed E-state index contributed by atoms with van der Waals surface area (Å²) in [5, 5.41) is 3.21. The van der Waals surface area contributed by atoms with Crippen LogP contribution >= 0.6 is 0 Å². The molecule has 2 atom stereocenters. The molecular formula is C13H19N3O. The first-order valence-electron chi connectivity index (χ1n) is 6.29. The lowest BCUT2D eigenvalue weighted by Crippen LogP contribution is -2.25. The Balaban J connectivity index is 1.80. The summed E-state index contributed by atoms with van der Waals surface area (Å²) in [5.74, 6) is 2.56. The van der Waals surface area contributed by atoms with Gasteiger partial charge in [-0.2, -0.15) is 0 Å². The first-order valence-corrected chi connectivity index (χ1v) is 6.29. The minimum absolute atomic E-state index is 0.708. The molecule has 3 heterocycles. The zero-order valence-electron chi connectivity index (χ0n) is 10.2. The number of rotatable bonds is 3. The number of anilines is 1. The summed E-state index contributed by atoms with van der Waals surface area (Å²) in [6, 6.07) is 4.17. The molecule has 2 aliphatic heterocycles. The van der Waals surface area contributed by atoms with Gasteiger partial charge in [0.25, 0.3) is 0 Å². The van der Waals surface area contributed by atoms with Gasteiger partial charge in [-0.3, -0.25) is 0 Å². The predicted octanol–water partition coefficient (Wildman–Crippen LogP) is 0.884. The molecule has 0 bridgehead atoms. The molecule has 4 nitrogen and oxygen atoms in total. The summed E-state index contributed by atoms with van der Waals surface area (Å²) in [4.78, 5) is 6.97. The quantitative estimate of drug-likeness (QED) is 0.841. The largest absolute Gasteiger partial charge is 0.381 e. The predicted molar refractivity (Wildman–Crippen MR) is 67.0 cm³/mol. The van der Waals surface area contributed by atoms with Crippen molar-refractivity contribution in [1.29, 1.82) is 0 Å². The molecular weight excluding hydrogens is 214 g/mol. The van der Waals surface area contributed by atoms with Crippen molar-refractivity contribution in [1.82, 2.24) is 10.3 Å². The van der Waals surface area contributed by atoms with Gasteiger partial charge in [0, 0.05) is 43.2 Å². The van der Waals surface area contributed by atoms with Crippen molar-refractivity contribution in [3.8, 4) is 0 Å². The van der Waals surface area contributed by atoms with Gasteiger partial charge in [0.15, 0.2) is 0 Å². The number of ether oxygens (including phenoxy) is 1. The average Bonchev–Trinajstić information content (AvgIpc) is 2.90. The zero-order valence-corrected chi connectivity index (χ0v) is 10.2. The highest BCUT2D eigenvalue weighted by molar-refractivity contribution is 5.48. The topological polar surface area (TPSA) is 37.4 Å². The van der Waals surface area contributed by atoms with E-state index in [9.17, 15) is 0 Å². The third-order valence-corrected chi connectivity index (χ3v) is 3.77. The fourth-order valence-electron chi connectivity index (χ4n) is 2.90. The Morgan fingerprint density at radius 3 is 2.88 bits per heavy atom. The molecule has 0 aromatic carbocycles. The smallest absolute Gasteiger partial charge is 0.133 e. The maximum Gasteiger partial charge on any atom is 0.133 e. The maximum atomic E-state index is 5.51. The second-order valence-electron chi connectivity index (χ2n) is 4.98. The van der Waals surface area contributed by atoms with Crippen molar-refractivity contribution in [2.45, 2.75) is 6.54 Å². The molecule has 0 saturated carbocycles. The van der Waals surface area contributed by atoms with E-state index >= 15 is 0 Å². The first-order chi connectivity index (χ1) is 8.38. The lowest BCUT2D eigenvalue weighted by atomic mass is 10.0. The highest BCUT2D eigenvalue weighted by Crippen LogP contribution is 2.32. The Kier molecular flexibility index (Phi) is 2.99. The van der Waals surface area contributed by atoms with Crippen LogP contribution in [0.1, 0.15) is 5.56 Å². The van der Waals surface area contributed by atoms with E-state index in [4.69, 9.17) is 4.74 Å². The average molecular weight is 233 g/mol. The van der Waals surface area contributed by atoms with Crippen LogP contribution in [0.2, 0.25) is 0 Å². The Hall–Kier alpha value is -1.13. The highest BCUT2D eigenvalue weighted by Gasteiger charge is 2.37. The van der Waals surface area contributed by atoms with Crippen LogP contribution in [0.25, 0.3) is 0 Å². The first kappa shape index (κ1) is 11.0. The number of aromatic nitrogens is 1. The molecule has 1 aromatic rings. The van der Waals surface area contributed by atoms with Crippen LogP contribution in [0.5, 0.6) is 0 Å². The third-order valence-electron chi connectivity index (χ3n) is 3.77. The van der Waals surface area contributed by atoms with Gasteiger partial charge in [0.1, 0.15) is 5.82 Å². The lowest BCUT2D eigenvalue weighted by molar-refractivity contribution is 0.177. The summed E-state index contributed by atoms with van der Waals surface area (Å²) in [7, 11) is 1.98. The van der Waals surface area contributed by atoms with Gasteiger partial charge in [0.2, 0.25) is 0 Å².